The second kappa shape index (κ2) is 5.85. The number of nitrogens with one attached hydrogen (secondary N) is 1. The topological polar surface area (TPSA) is 49.6 Å². The van der Waals surface area contributed by atoms with Crippen LogP contribution < -0.4 is 5.43 Å². The molecular weight excluding hydrogens is 284 g/mol. The molecule has 3 aromatic rings. The van der Waals surface area contributed by atoms with Gasteiger partial charge in [0, 0.05) is 17.3 Å². The van der Waals surface area contributed by atoms with Gasteiger partial charge in [0.15, 0.2) is 5.84 Å². The van der Waals surface area contributed by atoms with Gasteiger partial charge in [0.2, 0.25) is 0 Å². The predicted molar refractivity (Wildman–Crippen MR) is 92.1 cm³/mol. The first-order valence-electron chi connectivity index (χ1n) is 7.40. The maximum atomic E-state index is 4.71. The van der Waals surface area contributed by atoms with E-state index in [0.717, 1.165) is 28.2 Å². The number of aliphatic imine (C=N–C) groups is 1. The molecule has 1 aliphatic heterocycles. The Balaban J connectivity index is 1.87. The maximum Gasteiger partial charge on any atom is 0.154 e. The molecule has 0 saturated heterocycles. The summed E-state index contributed by atoms with van der Waals surface area (Å²) in [5, 5.41) is 4.57. The molecule has 1 N–H and O–H groups in total. The van der Waals surface area contributed by atoms with Crippen molar-refractivity contribution in [2.24, 2.45) is 10.1 Å². The van der Waals surface area contributed by atoms with Crippen LogP contribution in [0.4, 0.5) is 5.69 Å². The third-order valence-corrected chi connectivity index (χ3v) is 3.61. The van der Waals surface area contributed by atoms with Gasteiger partial charge < -0.3 is 0 Å². The smallest absolute Gasteiger partial charge is 0.154 e. The number of aromatic nitrogens is 1. The summed E-state index contributed by atoms with van der Waals surface area (Å²) < 4.78 is 0. The standard InChI is InChI=1S/C19H14N4/c1-3-8-14(9-4-1)17-18-16(12-7-13-20-18)21-19(23-22-17)15-10-5-2-6-11-15/h1-13H,(H,21,23). The van der Waals surface area contributed by atoms with E-state index in [4.69, 9.17) is 4.99 Å². The van der Waals surface area contributed by atoms with Crippen molar-refractivity contribution >= 4 is 17.2 Å². The van der Waals surface area contributed by atoms with E-state index in [1.54, 1.807) is 6.20 Å². The Hall–Kier alpha value is -3.27. The minimum atomic E-state index is 0.714. The number of hydrazone groups is 1. The first kappa shape index (κ1) is 13.4. The van der Waals surface area contributed by atoms with Crippen molar-refractivity contribution in [1.82, 2.24) is 10.4 Å². The van der Waals surface area contributed by atoms with Crippen molar-refractivity contribution in [2.45, 2.75) is 0 Å². The van der Waals surface area contributed by atoms with Crippen LogP contribution in [0.2, 0.25) is 0 Å². The Kier molecular flexibility index (Phi) is 3.41. The van der Waals surface area contributed by atoms with Crippen LogP contribution in [0.3, 0.4) is 0 Å². The summed E-state index contributed by atoms with van der Waals surface area (Å²) in [6.45, 7) is 0. The van der Waals surface area contributed by atoms with E-state index in [9.17, 15) is 0 Å². The lowest BCUT2D eigenvalue weighted by molar-refractivity contribution is 1.03. The zero-order valence-electron chi connectivity index (χ0n) is 12.3. The van der Waals surface area contributed by atoms with E-state index in [-0.39, 0.29) is 0 Å². The fourth-order valence-electron chi connectivity index (χ4n) is 2.50. The monoisotopic (exact) mass is 298 g/mol. The molecule has 0 radical (unpaired) electrons. The Morgan fingerprint density at radius 1 is 0.696 bits per heavy atom. The summed E-state index contributed by atoms with van der Waals surface area (Å²) in [5.74, 6) is 0.714. The van der Waals surface area contributed by atoms with Crippen LogP contribution in [0, 0.1) is 0 Å². The van der Waals surface area contributed by atoms with Gasteiger partial charge in [-0.3, -0.25) is 10.4 Å². The number of hydrogen-bond donors (Lipinski definition) is 1. The lowest BCUT2D eigenvalue weighted by Gasteiger charge is -2.05. The molecule has 23 heavy (non-hydrogen) atoms. The van der Waals surface area contributed by atoms with Gasteiger partial charge in [-0.1, -0.05) is 60.7 Å². The van der Waals surface area contributed by atoms with E-state index in [2.05, 4.69) is 15.5 Å². The molecule has 4 nitrogen and oxygen atoms in total. The van der Waals surface area contributed by atoms with Gasteiger partial charge in [-0.25, -0.2) is 4.99 Å². The molecule has 4 heteroatoms. The molecule has 0 bridgehead atoms. The number of nitrogens with zero attached hydrogens (tertiary/aromatic N) is 3. The van der Waals surface area contributed by atoms with Gasteiger partial charge in [-0.2, -0.15) is 5.10 Å². The van der Waals surface area contributed by atoms with Gasteiger partial charge >= 0.3 is 0 Å². The highest BCUT2D eigenvalue weighted by molar-refractivity contribution is 6.16. The van der Waals surface area contributed by atoms with Gasteiger partial charge in [0.1, 0.15) is 11.4 Å². The fraction of sp³-hybridized carbons (Fsp3) is 0. The predicted octanol–water partition coefficient (Wildman–Crippen LogP) is 3.52. The molecular formula is C19H14N4. The average Bonchev–Trinajstić information content (AvgIpc) is 2.83. The van der Waals surface area contributed by atoms with Crippen LogP contribution in [-0.2, 0) is 0 Å². The van der Waals surface area contributed by atoms with Crippen molar-refractivity contribution in [2.75, 3.05) is 0 Å². The lowest BCUT2D eigenvalue weighted by Crippen LogP contribution is -2.19. The minimum absolute atomic E-state index is 0.714. The molecule has 0 aliphatic carbocycles. The molecule has 1 aliphatic rings. The lowest BCUT2D eigenvalue weighted by atomic mass is 10.1. The highest BCUT2D eigenvalue weighted by atomic mass is 15.3. The first-order valence-corrected chi connectivity index (χ1v) is 7.40. The molecule has 2 aromatic carbocycles. The summed E-state index contributed by atoms with van der Waals surface area (Å²) in [7, 11) is 0. The highest BCUT2D eigenvalue weighted by Gasteiger charge is 2.17. The van der Waals surface area contributed by atoms with E-state index in [1.807, 2.05) is 72.8 Å². The SMILES string of the molecule is c1ccc(C2=Nc3cccnc3C(c3ccccc3)=NN2)cc1. The molecule has 0 spiro atoms. The molecule has 0 unspecified atom stereocenters. The number of rotatable bonds is 2. The van der Waals surface area contributed by atoms with Gasteiger partial charge in [-0.15, -0.1) is 0 Å². The number of fused-ring (bicyclic) bond motifs is 1. The number of amidine groups is 1. The zero-order valence-corrected chi connectivity index (χ0v) is 12.3. The van der Waals surface area contributed by atoms with E-state index in [0.29, 0.717) is 5.84 Å². The van der Waals surface area contributed by atoms with Crippen molar-refractivity contribution in [1.29, 1.82) is 0 Å². The van der Waals surface area contributed by atoms with Crippen LogP contribution in [0.1, 0.15) is 16.8 Å². The summed E-state index contributed by atoms with van der Waals surface area (Å²) in [4.78, 5) is 9.20. The number of pyridine rings is 1. The second-order valence-electron chi connectivity index (χ2n) is 5.14. The van der Waals surface area contributed by atoms with Gasteiger partial charge in [-0.05, 0) is 12.1 Å². The first-order chi connectivity index (χ1) is 11.4. The van der Waals surface area contributed by atoms with E-state index in [1.165, 1.54) is 0 Å². The summed E-state index contributed by atoms with van der Waals surface area (Å²) in [5.41, 5.74) is 7.45. The summed E-state index contributed by atoms with van der Waals surface area (Å²) in [6, 6.07) is 23.8. The van der Waals surface area contributed by atoms with Gasteiger partial charge in [0.25, 0.3) is 0 Å². The molecule has 0 amide bonds. The Bertz CT molecular complexity index is 884. The summed E-state index contributed by atoms with van der Waals surface area (Å²) >= 11 is 0. The van der Waals surface area contributed by atoms with Crippen molar-refractivity contribution in [3.8, 4) is 0 Å². The van der Waals surface area contributed by atoms with Crippen LogP contribution in [-0.4, -0.2) is 16.5 Å². The number of benzene rings is 2. The quantitative estimate of drug-likeness (QED) is 0.787. The Morgan fingerprint density at radius 3 is 2.13 bits per heavy atom. The molecule has 4 rings (SSSR count). The third-order valence-electron chi connectivity index (χ3n) is 3.61. The van der Waals surface area contributed by atoms with E-state index < -0.39 is 0 Å². The molecule has 2 heterocycles. The zero-order chi connectivity index (χ0) is 15.5. The Labute approximate surface area is 134 Å². The molecule has 0 saturated carbocycles. The molecule has 0 fully saturated rings. The van der Waals surface area contributed by atoms with Crippen LogP contribution >= 0.6 is 0 Å². The Morgan fingerprint density at radius 2 is 1.39 bits per heavy atom. The normalized spacial score (nSPS) is 13.2. The van der Waals surface area contributed by atoms with Gasteiger partial charge in [0.05, 0.1) is 5.69 Å². The average molecular weight is 298 g/mol. The van der Waals surface area contributed by atoms with E-state index >= 15 is 0 Å². The minimum Gasteiger partial charge on any atom is -0.260 e. The molecule has 1 aromatic heterocycles. The maximum absolute atomic E-state index is 4.71. The fourth-order valence-corrected chi connectivity index (χ4v) is 2.50. The molecule has 110 valence electrons. The van der Waals surface area contributed by atoms with Crippen molar-refractivity contribution in [3.63, 3.8) is 0 Å². The highest BCUT2D eigenvalue weighted by Crippen LogP contribution is 2.23. The molecule has 0 atom stereocenters. The third kappa shape index (κ3) is 2.62. The van der Waals surface area contributed by atoms with Crippen LogP contribution in [0.5, 0.6) is 0 Å². The number of hydrogen-bond acceptors (Lipinski definition) is 4. The van der Waals surface area contributed by atoms with Crippen molar-refractivity contribution < 1.29 is 0 Å². The second-order valence-corrected chi connectivity index (χ2v) is 5.14. The largest absolute Gasteiger partial charge is 0.260 e. The summed E-state index contributed by atoms with van der Waals surface area (Å²) in [6.07, 6.45) is 1.76. The van der Waals surface area contributed by atoms with Crippen LogP contribution in [0.25, 0.3) is 0 Å². The van der Waals surface area contributed by atoms with Crippen LogP contribution in [0.15, 0.2) is 89.1 Å². The van der Waals surface area contributed by atoms with Crippen molar-refractivity contribution in [3.05, 3.63) is 95.8 Å².